The van der Waals surface area contributed by atoms with Gasteiger partial charge in [-0.05, 0) is 38.4 Å². The van der Waals surface area contributed by atoms with Crippen LogP contribution in [0.5, 0.6) is 5.75 Å². The van der Waals surface area contributed by atoms with Crippen LogP contribution in [0, 0.1) is 0 Å². The number of aromatic nitrogens is 4. The first-order chi connectivity index (χ1) is 20.0. The number of nitrogens with one attached hydrogen (secondary N) is 2. The van der Waals surface area contributed by atoms with Crippen molar-refractivity contribution in [3.05, 3.63) is 60.3 Å². The molecule has 10 nitrogen and oxygen atoms in total. The van der Waals surface area contributed by atoms with Crippen LogP contribution in [-0.4, -0.2) is 77.8 Å². The van der Waals surface area contributed by atoms with Gasteiger partial charge in [-0.1, -0.05) is 23.7 Å². The van der Waals surface area contributed by atoms with E-state index in [1.807, 2.05) is 30.9 Å². The maximum atomic E-state index is 13.5. The number of carbonyl (C=O) groups is 1. The van der Waals surface area contributed by atoms with Gasteiger partial charge in [-0.25, -0.2) is 15.0 Å². The molecule has 2 heterocycles. The molecule has 42 heavy (non-hydrogen) atoms. The molecule has 0 fully saturated rings. The van der Waals surface area contributed by atoms with Crippen molar-refractivity contribution in [1.29, 1.82) is 0 Å². The second-order valence-electron chi connectivity index (χ2n) is 9.59. The fourth-order valence-corrected chi connectivity index (χ4v) is 4.34. The number of alkyl halides is 3. The second kappa shape index (κ2) is 13.1. The molecule has 0 aliphatic carbocycles. The van der Waals surface area contributed by atoms with Gasteiger partial charge in [0.15, 0.2) is 5.82 Å². The Morgan fingerprint density at radius 3 is 2.55 bits per heavy atom. The highest BCUT2D eigenvalue weighted by molar-refractivity contribution is 6.27. The number of amides is 1. The number of rotatable bonds is 11. The zero-order valence-electron chi connectivity index (χ0n) is 23.4. The first kappa shape index (κ1) is 30.6. The molecule has 0 saturated heterocycles. The van der Waals surface area contributed by atoms with Crippen LogP contribution >= 0.6 is 11.6 Å². The SMILES string of the molecule is COc1cc(N(C)CCN(C)C)c(NC(=O)C=CCl)cc1Nc1nccc(-c2nc3ccccc3n2CC(F)(F)F)n1. The molecule has 4 rings (SSSR count). The average molecular weight is 603 g/mol. The summed E-state index contributed by atoms with van der Waals surface area (Å²) in [5.74, 6) is 0.115. The Morgan fingerprint density at radius 2 is 1.86 bits per heavy atom. The number of nitrogens with zero attached hydrogens (tertiary/aromatic N) is 6. The zero-order chi connectivity index (χ0) is 30.4. The minimum atomic E-state index is -4.47. The predicted molar refractivity (Wildman–Crippen MR) is 159 cm³/mol. The number of hydrogen-bond donors (Lipinski definition) is 2. The van der Waals surface area contributed by atoms with Gasteiger partial charge in [0.2, 0.25) is 11.9 Å². The second-order valence-corrected chi connectivity index (χ2v) is 9.84. The van der Waals surface area contributed by atoms with E-state index in [2.05, 4.69) is 25.6 Å². The van der Waals surface area contributed by atoms with E-state index in [1.165, 1.54) is 25.4 Å². The number of methoxy groups -OCH3 is 1. The summed E-state index contributed by atoms with van der Waals surface area (Å²) in [5.41, 5.74) is 3.60. The molecule has 0 spiro atoms. The molecule has 0 saturated carbocycles. The third-order valence-electron chi connectivity index (χ3n) is 6.21. The van der Waals surface area contributed by atoms with Gasteiger partial charge < -0.3 is 29.7 Å². The van der Waals surface area contributed by atoms with E-state index in [1.54, 1.807) is 36.4 Å². The molecule has 0 aliphatic heterocycles. The quantitative estimate of drug-likeness (QED) is 0.217. The standard InChI is InChI=1S/C28H30ClF3N8O2/c1-38(2)13-14-39(3)23-16-24(42-4)21(15-20(23)34-25(41)9-11-29)37-27-33-12-10-19(36-27)26-35-18-7-5-6-8-22(18)40(26)17-28(30,31)32/h5-12,15-16H,13-14,17H2,1-4H3,(H,34,41)(H,33,36,37). The minimum absolute atomic E-state index is 0.0459. The number of benzene rings is 2. The molecule has 0 unspecified atom stereocenters. The highest BCUT2D eigenvalue weighted by Crippen LogP contribution is 2.38. The average Bonchev–Trinajstić information content (AvgIpc) is 3.29. The Balaban J connectivity index is 1.74. The molecule has 0 radical (unpaired) electrons. The fraction of sp³-hybridized carbons (Fsp3) is 0.286. The number of likely N-dealkylation sites (N-methyl/N-ethyl adjacent to an activating group) is 2. The number of halogens is 4. The van der Waals surface area contributed by atoms with Crippen molar-refractivity contribution in [1.82, 2.24) is 24.4 Å². The molecule has 222 valence electrons. The molecule has 0 bridgehead atoms. The first-order valence-corrected chi connectivity index (χ1v) is 13.2. The van der Waals surface area contributed by atoms with Gasteiger partial charge in [0.1, 0.15) is 18.0 Å². The van der Waals surface area contributed by atoms with Crippen molar-refractivity contribution in [3.63, 3.8) is 0 Å². The monoisotopic (exact) mass is 602 g/mol. The third-order valence-corrected chi connectivity index (χ3v) is 6.33. The van der Waals surface area contributed by atoms with Gasteiger partial charge in [-0.3, -0.25) is 4.79 Å². The summed E-state index contributed by atoms with van der Waals surface area (Å²) < 4.78 is 47.2. The molecule has 2 N–H and O–H groups in total. The summed E-state index contributed by atoms with van der Waals surface area (Å²) in [6, 6.07) is 11.5. The van der Waals surface area contributed by atoms with Crippen LogP contribution in [-0.2, 0) is 11.3 Å². The lowest BCUT2D eigenvalue weighted by atomic mass is 10.2. The van der Waals surface area contributed by atoms with E-state index in [4.69, 9.17) is 16.3 Å². The number of fused-ring (bicyclic) bond motifs is 1. The molecule has 4 aromatic rings. The van der Waals surface area contributed by atoms with Gasteiger partial charge in [0, 0.05) is 44.0 Å². The number of para-hydroxylation sites is 2. The van der Waals surface area contributed by atoms with Gasteiger partial charge in [-0.15, -0.1) is 0 Å². The van der Waals surface area contributed by atoms with Crippen LogP contribution in [0.15, 0.2) is 60.3 Å². The van der Waals surface area contributed by atoms with Gasteiger partial charge in [-0.2, -0.15) is 13.2 Å². The number of imidazole rings is 1. The summed E-state index contributed by atoms with van der Waals surface area (Å²) in [5, 5.41) is 5.89. The van der Waals surface area contributed by atoms with Crippen LogP contribution in [0.3, 0.4) is 0 Å². The maximum absolute atomic E-state index is 13.5. The van der Waals surface area contributed by atoms with E-state index in [9.17, 15) is 18.0 Å². The first-order valence-electron chi connectivity index (χ1n) is 12.8. The van der Waals surface area contributed by atoms with E-state index in [-0.39, 0.29) is 17.5 Å². The summed E-state index contributed by atoms with van der Waals surface area (Å²) in [4.78, 5) is 29.5. The Morgan fingerprint density at radius 1 is 1.10 bits per heavy atom. The lowest BCUT2D eigenvalue weighted by Crippen LogP contribution is -2.29. The van der Waals surface area contributed by atoms with Crippen molar-refractivity contribution in [2.24, 2.45) is 0 Å². The molecule has 2 aromatic heterocycles. The Labute approximate surface area is 245 Å². The fourth-order valence-electron chi connectivity index (χ4n) is 4.23. The summed E-state index contributed by atoms with van der Waals surface area (Å²) in [6.07, 6.45) is -1.87. The van der Waals surface area contributed by atoms with E-state index in [0.717, 1.165) is 16.6 Å². The highest BCUT2D eigenvalue weighted by atomic mass is 35.5. The van der Waals surface area contributed by atoms with Crippen LogP contribution in [0.25, 0.3) is 22.6 Å². The van der Waals surface area contributed by atoms with Crippen molar-refractivity contribution < 1.29 is 22.7 Å². The van der Waals surface area contributed by atoms with Gasteiger partial charge in [0.05, 0.1) is 35.2 Å². The Hall–Kier alpha value is -4.36. The normalized spacial score (nSPS) is 11.8. The van der Waals surface area contributed by atoms with Crippen LogP contribution in [0.4, 0.5) is 36.2 Å². The molecule has 0 aliphatic rings. The minimum Gasteiger partial charge on any atom is -0.494 e. The predicted octanol–water partition coefficient (Wildman–Crippen LogP) is 5.50. The molecular weight excluding hydrogens is 573 g/mol. The van der Waals surface area contributed by atoms with Crippen LogP contribution in [0.2, 0.25) is 0 Å². The smallest absolute Gasteiger partial charge is 0.406 e. The summed E-state index contributed by atoms with van der Waals surface area (Å²) in [6.45, 7) is 0.181. The highest BCUT2D eigenvalue weighted by Gasteiger charge is 2.31. The largest absolute Gasteiger partial charge is 0.494 e. The van der Waals surface area contributed by atoms with Crippen LogP contribution < -0.4 is 20.3 Å². The van der Waals surface area contributed by atoms with Gasteiger partial charge >= 0.3 is 6.18 Å². The number of anilines is 4. The number of carbonyl (C=O) groups excluding carboxylic acids is 1. The molecule has 14 heteroatoms. The van der Waals surface area contributed by atoms with E-state index in [0.29, 0.717) is 40.4 Å². The summed E-state index contributed by atoms with van der Waals surface area (Å²) in [7, 11) is 7.30. The lowest BCUT2D eigenvalue weighted by Gasteiger charge is -2.26. The van der Waals surface area contributed by atoms with E-state index >= 15 is 0 Å². The van der Waals surface area contributed by atoms with E-state index < -0.39 is 18.6 Å². The maximum Gasteiger partial charge on any atom is 0.406 e. The zero-order valence-corrected chi connectivity index (χ0v) is 24.2. The van der Waals surface area contributed by atoms with Crippen LogP contribution in [0.1, 0.15) is 0 Å². The molecule has 2 aromatic carbocycles. The Bertz CT molecular complexity index is 1590. The van der Waals surface area contributed by atoms with Crippen molar-refractivity contribution in [3.8, 4) is 17.3 Å². The van der Waals surface area contributed by atoms with Crippen molar-refractivity contribution in [2.45, 2.75) is 12.7 Å². The van der Waals surface area contributed by atoms with Gasteiger partial charge in [0.25, 0.3) is 0 Å². The number of ether oxygens (including phenoxy) is 1. The Kier molecular flexibility index (Phi) is 9.53. The third kappa shape index (κ3) is 7.47. The van der Waals surface area contributed by atoms with Crippen molar-refractivity contribution in [2.75, 3.05) is 56.9 Å². The summed E-state index contributed by atoms with van der Waals surface area (Å²) >= 11 is 5.60. The molecular formula is C28H30ClF3N8O2. The van der Waals surface area contributed by atoms with Crippen molar-refractivity contribution >= 4 is 51.6 Å². The molecule has 0 atom stereocenters. The topological polar surface area (TPSA) is 100 Å². The lowest BCUT2D eigenvalue weighted by molar-refractivity contribution is -0.139. The number of hydrogen-bond acceptors (Lipinski definition) is 8. The molecule has 1 amide bonds.